The summed E-state index contributed by atoms with van der Waals surface area (Å²) in [5.41, 5.74) is 6.00. The van der Waals surface area contributed by atoms with E-state index in [-0.39, 0.29) is 5.56 Å². The summed E-state index contributed by atoms with van der Waals surface area (Å²) >= 11 is 0. The minimum absolute atomic E-state index is 0.247. The lowest BCUT2D eigenvalue weighted by molar-refractivity contribution is 0.309. The molecule has 0 amide bonds. The Labute approximate surface area is 165 Å². The maximum atomic E-state index is 13.4. The summed E-state index contributed by atoms with van der Waals surface area (Å²) in [4.78, 5) is 15.5. The standard InChI is InChI=1S/C23H28N4O/c1-25(2)17-12-10-16(11-13-17)15-26-22-21(14-24-26)19-8-3-4-9-20(19)23(28)27(22)18-6-5-7-18/h10-14,18H,3-9,15H2,1-2H3. The van der Waals surface area contributed by atoms with E-state index in [0.29, 0.717) is 12.6 Å². The highest BCUT2D eigenvalue weighted by atomic mass is 16.1. The number of pyridine rings is 1. The third-order valence-electron chi connectivity index (χ3n) is 6.53. The van der Waals surface area contributed by atoms with Gasteiger partial charge in [0.25, 0.3) is 5.56 Å². The quantitative estimate of drug-likeness (QED) is 0.693. The molecule has 0 spiro atoms. The maximum Gasteiger partial charge on any atom is 0.255 e. The van der Waals surface area contributed by atoms with Crippen LogP contribution in [0.3, 0.4) is 0 Å². The van der Waals surface area contributed by atoms with Crippen LogP contribution in [0.4, 0.5) is 5.69 Å². The van der Waals surface area contributed by atoms with Crippen LogP contribution in [0.2, 0.25) is 0 Å². The number of hydrogen-bond acceptors (Lipinski definition) is 3. The monoisotopic (exact) mass is 376 g/mol. The molecule has 0 N–H and O–H groups in total. The number of anilines is 1. The first-order valence-corrected chi connectivity index (χ1v) is 10.5. The van der Waals surface area contributed by atoms with Gasteiger partial charge in [-0.2, -0.15) is 5.10 Å². The molecule has 0 radical (unpaired) electrons. The van der Waals surface area contributed by atoms with Crippen molar-refractivity contribution in [3.8, 4) is 0 Å². The summed E-state index contributed by atoms with van der Waals surface area (Å²) < 4.78 is 4.14. The predicted octanol–water partition coefficient (Wildman–Crippen LogP) is 3.92. The van der Waals surface area contributed by atoms with E-state index < -0.39 is 0 Å². The van der Waals surface area contributed by atoms with Crippen molar-refractivity contribution in [2.75, 3.05) is 19.0 Å². The van der Waals surface area contributed by atoms with E-state index >= 15 is 0 Å². The molecule has 3 aromatic rings. The number of aryl methyl sites for hydroxylation is 1. The lowest BCUT2D eigenvalue weighted by Crippen LogP contribution is -2.34. The Hall–Kier alpha value is -2.56. The van der Waals surface area contributed by atoms with Crippen molar-refractivity contribution in [1.82, 2.24) is 14.3 Å². The van der Waals surface area contributed by atoms with Gasteiger partial charge in [-0.05, 0) is 68.2 Å². The predicted molar refractivity (Wildman–Crippen MR) is 113 cm³/mol. The first-order valence-electron chi connectivity index (χ1n) is 10.5. The van der Waals surface area contributed by atoms with Crippen LogP contribution in [0.1, 0.15) is 54.8 Å². The van der Waals surface area contributed by atoms with Crippen molar-refractivity contribution in [2.45, 2.75) is 57.5 Å². The van der Waals surface area contributed by atoms with Gasteiger partial charge in [-0.3, -0.25) is 9.36 Å². The van der Waals surface area contributed by atoms with Gasteiger partial charge >= 0.3 is 0 Å². The van der Waals surface area contributed by atoms with Crippen molar-refractivity contribution in [2.24, 2.45) is 0 Å². The summed E-state index contributed by atoms with van der Waals surface area (Å²) in [5.74, 6) is 0. The van der Waals surface area contributed by atoms with E-state index in [2.05, 4.69) is 52.5 Å². The third-order valence-corrected chi connectivity index (χ3v) is 6.53. The highest BCUT2D eigenvalue weighted by Gasteiger charge is 2.28. The molecule has 2 aliphatic carbocycles. The Morgan fingerprint density at radius 3 is 2.39 bits per heavy atom. The molecule has 5 nitrogen and oxygen atoms in total. The zero-order chi connectivity index (χ0) is 19.3. The summed E-state index contributed by atoms with van der Waals surface area (Å²) in [7, 11) is 4.10. The molecule has 1 aromatic carbocycles. The highest BCUT2D eigenvalue weighted by Crippen LogP contribution is 2.35. The van der Waals surface area contributed by atoms with Crippen molar-refractivity contribution in [1.29, 1.82) is 0 Å². The Bertz CT molecular complexity index is 1070. The first-order chi connectivity index (χ1) is 13.6. The van der Waals surface area contributed by atoms with E-state index in [1.807, 2.05) is 6.20 Å². The van der Waals surface area contributed by atoms with Crippen LogP contribution < -0.4 is 10.5 Å². The molecule has 2 heterocycles. The van der Waals surface area contributed by atoms with Gasteiger partial charge in [-0.15, -0.1) is 0 Å². The average Bonchev–Trinajstić information content (AvgIpc) is 3.07. The molecular weight excluding hydrogens is 348 g/mol. The van der Waals surface area contributed by atoms with Crippen LogP contribution in [0.5, 0.6) is 0 Å². The lowest BCUT2D eigenvalue weighted by Gasteiger charge is -2.30. The fraction of sp³-hybridized carbons (Fsp3) is 0.478. The number of rotatable bonds is 4. The van der Waals surface area contributed by atoms with Crippen LogP contribution in [0.25, 0.3) is 11.0 Å². The number of aromatic nitrogens is 3. The van der Waals surface area contributed by atoms with Gasteiger partial charge in [0.05, 0.1) is 12.7 Å². The van der Waals surface area contributed by atoms with Gasteiger partial charge in [0.1, 0.15) is 5.65 Å². The molecule has 0 saturated heterocycles. The number of hydrogen-bond donors (Lipinski definition) is 0. The van der Waals surface area contributed by atoms with Crippen LogP contribution in [0, 0.1) is 0 Å². The molecule has 2 aromatic heterocycles. The smallest absolute Gasteiger partial charge is 0.255 e. The molecule has 28 heavy (non-hydrogen) atoms. The number of benzene rings is 1. The van der Waals surface area contributed by atoms with E-state index in [1.165, 1.54) is 35.0 Å². The van der Waals surface area contributed by atoms with Gasteiger partial charge in [0, 0.05) is 36.8 Å². The largest absolute Gasteiger partial charge is 0.378 e. The van der Waals surface area contributed by atoms with Crippen LogP contribution in [0.15, 0.2) is 35.3 Å². The number of nitrogens with zero attached hydrogens (tertiary/aromatic N) is 4. The number of fused-ring (bicyclic) bond motifs is 3. The Kier molecular flexibility index (Phi) is 4.26. The summed E-state index contributed by atoms with van der Waals surface area (Å²) in [6, 6.07) is 8.94. The first kappa shape index (κ1) is 17.5. The van der Waals surface area contributed by atoms with Crippen molar-refractivity contribution < 1.29 is 0 Å². The second kappa shape index (κ2) is 6.80. The van der Waals surface area contributed by atoms with E-state index in [9.17, 15) is 4.79 Å². The summed E-state index contributed by atoms with van der Waals surface area (Å²) in [5, 5.41) is 5.95. The zero-order valence-electron chi connectivity index (χ0n) is 16.8. The topological polar surface area (TPSA) is 43.1 Å². The Balaban J connectivity index is 1.63. The maximum absolute atomic E-state index is 13.4. The summed E-state index contributed by atoms with van der Waals surface area (Å²) in [6.07, 6.45) is 9.67. The van der Waals surface area contributed by atoms with Crippen LogP contribution in [-0.2, 0) is 19.4 Å². The van der Waals surface area contributed by atoms with Gasteiger partial charge in [0.2, 0.25) is 0 Å². The van der Waals surface area contributed by atoms with E-state index in [4.69, 9.17) is 5.10 Å². The third kappa shape index (κ3) is 2.76. The minimum Gasteiger partial charge on any atom is -0.378 e. The molecule has 0 unspecified atom stereocenters. The molecule has 146 valence electrons. The van der Waals surface area contributed by atoms with Crippen molar-refractivity contribution in [3.05, 3.63) is 57.5 Å². The molecular formula is C23H28N4O. The minimum atomic E-state index is 0.247. The SMILES string of the molecule is CN(C)c1ccc(Cn2ncc3c4c(c(=O)n(C5CCC5)c32)CCCC4)cc1. The van der Waals surface area contributed by atoms with Gasteiger partial charge < -0.3 is 4.90 Å². The molecule has 5 heteroatoms. The van der Waals surface area contributed by atoms with Gasteiger partial charge in [-0.1, -0.05) is 12.1 Å². The molecule has 2 aliphatic rings. The van der Waals surface area contributed by atoms with E-state index in [1.54, 1.807) is 0 Å². The molecule has 1 fully saturated rings. The van der Waals surface area contributed by atoms with E-state index in [0.717, 1.165) is 43.3 Å². The van der Waals surface area contributed by atoms with Gasteiger partial charge in [-0.25, -0.2) is 4.68 Å². The molecule has 1 saturated carbocycles. The van der Waals surface area contributed by atoms with Crippen molar-refractivity contribution in [3.63, 3.8) is 0 Å². The van der Waals surface area contributed by atoms with Gasteiger partial charge in [0.15, 0.2) is 0 Å². The Morgan fingerprint density at radius 1 is 1.04 bits per heavy atom. The van der Waals surface area contributed by atoms with Crippen LogP contribution >= 0.6 is 0 Å². The Morgan fingerprint density at radius 2 is 1.75 bits per heavy atom. The molecule has 0 atom stereocenters. The fourth-order valence-electron chi connectivity index (χ4n) is 4.70. The summed E-state index contributed by atoms with van der Waals surface area (Å²) in [6.45, 7) is 0.697. The fourth-order valence-corrected chi connectivity index (χ4v) is 4.70. The second-order valence-corrected chi connectivity index (χ2v) is 8.52. The molecule has 5 rings (SSSR count). The lowest BCUT2D eigenvalue weighted by atomic mass is 9.88. The van der Waals surface area contributed by atoms with Crippen LogP contribution in [-0.4, -0.2) is 28.4 Å². The van der Waals surface area contributed by atoms with Crippen molar-refractivity contribution >= 4 is 16.7 Å². The molecule has 0 aliphatic heterocycles. The zero-order valence-corrected chi connectivity index (χ0v) is 16.8. The highest BCUT2D eigenvalue weighted by molar-refractivity contribution is 5.81. The normalized spacial score (nSPS) is 16.8. The second-order valence-electron chi connectivity index (χ2n) is 8.52. The average molecular weight is 377 g/mol. The molecule has 0 bridgehead atoms.